The Morgan fingerprint density at radius 2 is 1.90 bits per heavy atom. The third-order valence-corrected chi connectivity index (χ3v) is 1.79. The molecule has 0 unspecified atom stereocenters. The lowest BCUT2D eigenvalue weighted by atomic mass is 10.2. The van der Waals surface area contributed by atoms with E-state index in [-0.39, 0.29) is 25.4 Å². The third kappa shape index (κ3) is 10.1. The van der Waals surface area contributed by atoms with Crippen molar-refractivity contribution < 1.29 is 19.1 Å². The van der Waals surface area contributed by atoms with Crippen LogP contribution < -0.4 is 16.5 Å². The molecule has 0 aliphatic heterocycles. The molecule has 0 aliphatic carbocycles. The molecule has 0 aromatic carbocycles. The number of carbonyl (C=O) groups is 2. The van der Waals surface area contributed by atoms with Gasteiger partial charge < -0.3 is 20.5 Å². The van der Waals surface area contributed by atoms with Gasteiger partial charge in [0.05, 0.1) is 26.2 Å². The number of nitrogens with two attached hydrogens (primary N) is 1. The number of hydrogen-bond donors (Lipinski definition) is 3. The zero-order valence-electron chi connectivity index (χ0n) is 12.5. The van der Waals surface area contributed by atoms with Crippen LogP contribution in [0.3, 0.4) is 0 Å². The first kappa shape index (κ1) is 18.2. The van der Waals surface area contributed by atoms with Crippen LogP contribution in [-0.4, -0.2) is 49.6 Å². The van der Waals surface area contributed by atoms with Gasteiger partial charge in [-0.2, -0.15) is 0 Å². The van der Waals surface area contributed by atoms with E-state index in [0.717, 1.165) is 0 Å². The Kier molecular flexibility index (Phi) is 8.30. The van der Waals surface area contributed by atoms with E-state index in [2.05, 4.69) is 15.8 Å². The van der Waals surface area contributed by atoms with E-state index >= 15 is 0 Å². The summed E-state index contributed by atoms with van der Waals surface area (Å²) in [6.45, 7) is 7.46. The van der Waals surface area contributed by atoms with Crippen molar-refractivity contribution in [2.24, 2.45) is 10.8 Å². The topological polar surface area (TPSA) is 115 Å². The van der Waals surface area contributed by atoms with Crippen LogP contribution >= 0.6 is 0 Å². The van der Waals surface area contributed by atoms with E-state index in [4.69, 9.17) is 15.2 Å². The fourth-order valence-electron chi connectivity index (χ4n) is 1.07. The average Bonchev–Trinajstić information content (AvgIpc) is 2.33. The first-order valence-electron chi connectivity index (χ1n) is 6.39. The predicted molar refractivity (Wildman–Crippen MR) is 75.4 cm³/mol. The number of rotatable bonds is 7. The van der Waals surface area contributed by atoms with Gasteiger partial charge in [0.15, 0.2) is 5.78 Å². The Bertz CT molecular complexity index is 350. The van der Waals surface area contributed by atoms with Gasteiger partial charge in [0.1, 0.15) is 5.60 Å². The van der Waals surface area contributed by atoms with E-state index in [9.17, 15) is 9.59 Å². The summed E-state index contributed by atoms with van der Waals surface area (Å²) < 4.78 is 10.1. The van der Waals surface area contributed by atoms with Crippen molar-refractivity contribution in [2.75, 3.05) is 26.2 Å². The number of hydrazone groups is 1. The fraction of sp³-hybridized carbons (Fsp3) is 0.750. The van der Waals surface area contributed by atoms with E-state index in [1.54, 1.807) is 27.7 Å². The summed E-state index contributed by atoms with van der Waals surface area (Å²) in [5.41, 5.74) is 7.32. The van der Waals surface area contributed by atoms with Gasteiger partial charge in [-0.05, 0) is 27.7 Å². The zero-order valence-corrected chi connectivity index (χ0v) is 12.5. The molecule has 1 amide bonds. The van der Waals surface area contributed by atoms with E-state index < -0.39 is 11.7 Å². The number of carbonyl (C=O) groups excluding carboxylic acids is 2. The lowest BCUT2D eigenvalue weighted by Crippen LogP contribution is -2.37. The molecule has 8 nitrogen and oxygen atoms in total. The molecule has 0 fully saturated rings. The molecule has 0 atom stereocenters. The molecule has 0 aromatic heterocycles. The van der Waals surface area contributed by atoms with Crippen molar-refractivity contribution in [3.05, 3.63) is 0 Å². The molecule has 0 bridgehead atoms. The van der Waals surface area contributed by atoms with Crippen LogP contribution in [0.2, 0.25) is 0 Å². The minimum absolute atomic E-state index is 0.0353. The number of alkyl carbamates (subject to hydrolysis) is 1. The maximum Gasteiger partial charge on any atom is 0.408 e. The van der Waals surface area contributed by atoms with Gasteiger partial charge in [0, 0.05) is 0 Å². The number of ketones is 1. The molecule has 0 spiro atoms. The minimum atomic E-state index is -0.633. The summed E-state index contributed by atoms with van der Waals surface area (Å²) in [5, 5.41) is 6.17. The molecular formula is C12H24N4O4. The van der Waals surface area contributed by atoms with Crippen LogP contribution in [0, 0.1) is 0 Å². The van der Waals surface area contributed by atoms with Crippen molar-refractivity contribution in [3.63, 3.8) is 0 Å². The molecule has 0 aliphatic rings. The smallest absolute Gasteiger partial charge is 0.408 e. The standard InChI is InChI=1S/C12H24N4O4/c1-5-19-10(6-13)16-15-8-9(17)7-14-11(18)20-12(2,3)4/h15H,5-8,13H2,1-4H3,(H,14,18). The quantitative estimate of drug-likeness (QED) is 0.344. The molecule has 4 N–H and O–H groups in total. The number of nitrogens with zero attached hydrogens (tertiary/aromatic N) is 1. The second kappa shape index (κ2) is 9.13. The van der Waals surface area contributed by atoms with Crippen LogP contribution in [0.5, 0.6) is 0 Å². The fourth-order valence-corrected chi connectivity index (χ4v) is 1.07. The summed E-state index contributed by atoms with van der Waals surface area (Å²) in [6.07, 6.45) is -0.633. The Morgan fingerprint density at radius 3 is 2.40 bits per heavy atom. The zero-order chi connectivity index (χ0) is 15.6. The molecule has 116 valence electrons. The highest BCUT2D eigenvalue weighted by molar-refractivity contribution is 5.85. The summed E-state index contributed by atoms with van der Waals surface area (Å²) in [6, 6.07) is 0. The Balaban J connectivity index is 3.92. The van der Waals surface area contributed by atoms with E-state index in [0.29, 0.717) is 12.5 Å². The molecule has 0 saturated heterocycles. The molecule has 0 aromatic rings. The maximum atomic E-state index is 11.5. The molecule has 0 heterocycles. The van der Waals surface area contributed by atoms with E-state index in [1.165, 1.54) is 0 Å². The number of Topliss-reactive ketones (excluding diaryl/α,β-unsaturated/α-hetero) is 1. The highest BCUT2D eigenvalue weighted by atomic mass is 16.6. The highest BCUT2D eigenvalue weighted by Crippen LogP contribution is 2.05. The molecule has 20 heavy (non-hydrogen) atoms. The van der Waals surface area contributed by atoms with Gasteiger partial charge in [-0.1, -0.05) is 0 Å². The van der Waals surface area contributed by atoms with Crippen molar-refractivity contribution in [3.8, 4) is 0 Å². The van der Waals surface area contributed by atoms with Gasteiger partial charge in [-0.25, -0.2) is 4.79 Å². The lowest BCUT2D eigenvalue weighted by Gasteiger charge is -2.19. The number of nitrogens with one attached hydrogen (secondary N) is 2. The molecule has 0 saturated carbocycles. The molecule has 0 rings (SSSR count). The monoisotopic (exact) mass is 288 g/mol. The predicted octanol–water partition coefficient (Wildman–Crippen LogP) is -0.0215. The second-order valence-electron chi connectivity index (χ2n) is 4.87. The Hall–Kier alpha value is -1.83. The summed E-state index contributed by atoms with van der Waals surface area (Å²) in [4.78, 5) is 22.8. The summed E-state index contributed by atoms with van der Waals surface area (Å²) in [5.74, 6) is 0.0767. The molecule has 0 radical (unpaired) electrons. The number of ether oxygens (including phenoxy) is 2. The Labute approximate surface area is 119 Å². The highest BCUT2D eigenvalue weighted by Gasteiger charge is 2.16. The van der Waals surface area contributed by atoms with Crippen molar-refractivity contribution in [1.29, 1.82) is 0 Å². The van der Waals surface area contributed by atoms with Gasteiger partial charge in [-0.15, -0.1) is 5.10 Å². The van der Waals surface area contributed by atoms with Crippen LogP contribution in [0.25, 0.3) is 0 Å². The van der Waals surface area contributed by atoms with Gasteiger partial charge in [0.2, 0.25) is 5.90 Å². The van der Waals surface area contributed by atoms with Crippen LogP contribution in [0.4, 0.5) is 4.79 Å². The lowest BCUT2D eigenvalue weighted by molar-refractivity contribution is -0.117. The van der Waals surface area contributed by atoms with Crippen molar-refractivity contribution in [1.82, 2.24) is 10.7 Å². The number of amides is 1. The van der Waals surface area contributed by atoms with Gasteiger partial charge in [0.25, 0.3) is 0 Å². The Morgan fingerprint density at radius 1 is 1.25 bits per heavy atom. The summed E-state index contributed by atoms with van der Waals surface area (Å²) >= 11 is 0. The van der Waals surface area contributed by atoms with Crippen LogP contribution in [-0.2, 0) is 14.3 Å². The second-order valence-corrected chi connectivity index (χ2v) is 4.87. The SMILES string of the molecule is CCOC(CN)=NNCC(=O)CNC(=O)OC(C)(C)C. The maximum absolute atomic E-state index is 11.5. The van der Waals surface area contributed by atoms with Crippen LogP contribution in [0.15, 0.2) is 5.10 Å². The molecular weight excluding hydrogens is 264 g/mol. The largest absolute Gasteiger partial charge is 0.479 e. The first-order valence-corrected chi connectivity index (χ1v) is 6.39. The summed E-state index contributed by atoms with van der Waals surface area (Å²) in [7, 11) is 0. The normalized spacial score (nSPS) is 11.8. The van der Waals surface area contributed by atoms with Crippen LogP contribution in [0.1, 0.15) is 27.7 Å². The van der Waals surface area contributed by atoms with E-state index in [1.807, 2.05) is 0 Å². The third-order valence-electron chi connectivity index (χ3n) is 1.79. The average molecular weight is 288 g/mol. The van der Waals surface area contributed by atoms with Gasteiger partial charge >= 0.3 is 6.09 Å². The van der Waals surface area contributed by atoms with Crippen molar-refractivity contribution >= 4 is 17.8 Å². The van der Waals surface area contributed by atoms with Crippen molar-refractivity contribution in [2.45, 2.75) is 33.3 Å². The first-order chi connectivity index (χ1) is 9.28. The van der Waals surface area contributed by atoms with Gasteiger partial charge in [-0.3, -0.25) is 10.2 Å². The minimum Gasteiger partial charge on any atom is -0.479 e. The number of hydrogen-bond acceptors (Lipinski definition) is 7. The molecule has 8 heteroatoms.